The average Bonchev–Trinajstić information content (AvgIpc) is 2.62. The summed E-state index contributed by atoms with van der Waals surface area (Å²) in [5, 5.41) is 6.03. The van der Waals surface area contributed by atoms with E-state index in [0.29, 0.717) is 24.0 Å². The highest BCUT2D eigenvalue weighted by Gasteiger charge is 2.07. The molecule has 2 rings (SSSR count). The summed E-state index contributed by atoms with van der Waals surface area (Å²) in [5.41, 5.74) is 1.60. The van der Waals surface area contributed by atoms with Crippen LogP contribution in [0, 0.1) is 5.92 Å². The van der Waals surface area contributed by atoms with Gasteiger partial charge in [-0.05, 0) is 36.5 Å². The maximum atomic E-state index is 12.1. The van der Waals surface area contributed by atoms with Gasteiger partial charge in [-0.3, -0.25) is 4.79 Å². The fourth-order valence-electron chi connectivity index (χ4n) is 2.22. The number of hydrogen-bond acceptors (Lipinski definition) is 5. The van der Waals surface area contributed by atoms with Gasteiger partial charge in [0.15, 0.2) is 0 Å². The Morgan fingerprint density at radius 3 is 2.40 bits per heavy atom. The lowest BCUT2D eigenvalue weighted by Crippen LogP contribution is -2.26. The molecule has 1 amide bonds. The number of nitrogens with zero attached hydrogens (tertiary/aromatic N) is 2. The molecule has 1 aromatic heterocycles. The van der Waals surface area contributed by atoms with Crippen molar-refractivity contribution in [2.24, 2.45) is 5.92 Å². The van der Waals surface area contributed by atoms with Crippen LogP contribution in [0.3, 0.4) is 0 Å². The minimum absolute atomic E-state index is 0.165. The second kappa shape index (κ2) is 9.61. The summed E-state index contributed by atoms with van der Waals surface area (Å²) in [6.45, 7) is 5.72. The lowest BCUT2D eigenvalue weighted by molar-refractivity contribution is 0.0953. The van der Waals surface area contributed by atoms with Gasteiger partial charge in [0.1, 0.15) is 5.75 Å². The van der Waals surface area contributed by atoms with Crippen LogP contribution < -0.4 is 15.4 Å². The van der Waals surface area contributed by atoms with Crippen LogP contribution in [0.15, 0.2) is 36.7 Å². The van der Waals surface area contributed by atoms with Crippen molar-refractivity contribution in [1.82, 2.24) is 15.3 Å². The summed E-state index contributed by atoms with van der Waals surface area (Å²) in [4.78, 5) is 20.5. The number of nitrogens with one attached hydrogen (secondary N) is 2. The number of carbonyl (C=O) groups is 1. The molecule has 0 unspecified atom stereocenters. The first-order valence-electron chi connectivity index (χ1n) is 8.55. The van der Waals surface area contributed by atoms with Crippen molar-refractivity contribution < 1.29 is 9.53 Å². The maximum absolute atomic E-state index is 12.1. The first-order valence-corrected chi connectivity index (χ1v) is 8.55. The topological polar surface area (TPSA) is 76.1 Å². The molecule has 134 valence electrons. The number of anilines is 1. The fraction of sp³-hybridized carbons (Fsp3) is 0.421. The van der Waals surface area contributed by atoms with Crippen molar-refractivity contribution in [3.05, 3.63) is 47.8 Å². The molecule has 6 heteroatoms. The molecule has 0 saturated heterocycles. The first-order chi connectivity index (χ1) is 12.1. The molecule has 0 fully saturated rings. The number of ether oxygens (including phenoxy) is 1. The third-order valence-corrected chi connectivity index (χ3v) is 3.78. The molecule has 0 atom stereocenters. The van der Waals surface area contributed by atoms with Gasteiger partial charge in [-0.25, -0.2) is 9.97 Å². The minimum Gasteiger partial charge on any atom is -0.497 e. The van der Waals surface area contributed by atoms with E-state index in [4.69, 9.17) is 4.74 Å². The summed E-state index contributed by atoms with van der Waals surface area (Å²) >= 11 is 0. The third kappa shape index (κ3) is 6.41. The van der Waals surface area contributed by atoms with Crippen LogP contribution in [0.4, 0.5) is 5.95 Å². The summed E-state index contributed by atoms with van der Waals surface area (Å²) in [7, 11) is 1.64. The van der Waals surface area contributed by atoms with Gasteiger partial charge in [0.2, 0.25) is 5.95 Å². The Morgan fingerprint density at radius 2 is 1.80 bits per heavy atom. The molecule has 0 aliphatic heterocycles. The van der Waals surface area contributed by atoms with Crippen molar-refractivity contribution in [3.63, 3.8) is 0 Å². The van der Waals surface area contributed by atoms with E-state index in [2.05, 4.69) is 34.4 Å². The molecule has 2 aromatic rings. The SMILES string of the molecule is COc1ccc(CCNC(=O)c2cnc(NCCC(C)C)nc2)cc1. The molecule has 0 spiro atoms. The highest BCUT2D eigenvalue weighted by Crippen LogP contribution is 2.11. The van der Waals surface area contributed by atoms with E-state index in [-0.39, 0.29) is 5.91 Å². The molecule has 0 aliphatic rings. The number of hydrogen-bond donors (Lipinski definition) is 2. The summed E-state index contributed by atoms with van der Waals surface area (Å²) in [6.07, 6.45) is 4.91. The van der Waals surface area contributed by atoms with Crippen molar-refractivity contribution in [2.75, 3.05) is 25.5 Å². The van der Waals surface area contributed by atoms with Gasteiger partial charge >= 0.3 is 0 Å². The summed E-state index contributed by atoms with van der Waals surface area (Å²) in [5.74, 6) is 1.84. The van der Waals surface area contributed by atoms with E-state index in [1.807, 2.05) is 24.3 Å². The predicted octanol–water partition coefficient (Wildman–Crippen LogP) is 2.92. The normalized spacial score (nSPS) is 10.6. The number of benzene rings is 1. The van der Waals surface area contributed by atoms with Gasteiger partial charge in [-0.2, -0.15) is 0 Å². The Balaban J connectivity index is 1.76. The van der Waals surface area contributed by atoms with Crippen LogP contribution in [-0.4, -0.2) is 36.1 Å². The van der Waals surface area contributed by atoms with E-state index in [1.165, 1.54) is 0 Å². The van der Waals surface area contributed by atoms with Gasteiger partial charge in [0.25, 0.3) is 5.91 Å². The van der Waals surface area contributed by atoms with Crippen molar-refractivity contribution >= 4 is 11.9 Å². The quantitative estimate of drug-likeness (QED) is 0.733. The van der Waals surface area contributed by atoms with Crippen LogP contribution >= 0.6 is 0 Å². The molecule has 0 saturated carbocycles. The highest BCUT2D eigenvalue weighted by atomic mass is 16.5. The molecule has 1 heterocycles. The zero-order valence-corrected chi connectivity index (χ0v) is 15.1. The summed E-state index contributed by atoms with van der Waals surface area (Å²) in [6, 6.07) is 7.81. The fourth-order valence-corrected chi connectivity index (χ4v) is 2.22. The average molecular weight is 342 g/mol. The van der Waals surface area contributed by atoms with Gasteiger partial charge in [-0.15, -0.1) is 0 Å². The molecule has 25 heavy (non-hydrogen) atoms. The Labute approximate surface area is 149 Å². The number of rotatable bonds is 9. The first kappa shape index (κ1) is 18.7. The highest BCUT2D eigenvalue weighted by molar-refractivity contribution is 5.93. The zero-order valence-electron chi connectivity index (χ0n) is 15.1. The molecule has 0 bridgehead atoms. The zero-order chi connectivity index (χ0) is 18.1. The molecule has 2 N–H and O–H groups in total. The Morgan fingerprint density at radius 1 is 1.12 bits per heavy atom. The van der Waals surface area contributed by atoms with E-state index in [9.17, 15) is 4.79 Å². The van der Waals surface area contributed by atoms with E-state index < -0.39 is 0 Å². The smallest absolute Gasteiger partial charge is 0.254 e. The van der Waals surface area contributed by atoms with Crippen LogP contribution in [0.25, 0.3) is 0 Å². The molecule has 0 aliphatic carbocycles. The standard InChI is InChI=1S/C19H26N4O2/c1-14(2)8-10-21-19-22-12-16(13-23-19)18(24)20-11-9-15-4-6-17(25-3)7-5-15/h4-7,12-14H,8-11H2,1-3H3,(H,20,24)(H,21,22,23). The minimum atomic E-state index is -0.165. The lowest BCUT2D eigenvalue weighted by atomic mass is 10.1. The van der Waals surface area contributed by atoms with Gasteiger partial charge in [0.05, 0.1) is 12.7 Å². The summed E-state index contributed by atoms with van der Waals surface area (Å²) < 4.78 is 5.13. The number of aromatic nitrogens is 2. The molecule has 1 aromatic carbocycles. The number of methoxy groups -OCH3 is 1. The van der Waals surface area contributed by atoms with Gasteiger partial charge < -0.3 is 15.4 Å². The second-order valence-electron chi connectivity index (χ2n) is 6.26. The third-order valence-electron chi connectivity index (χ3n) is 3.78. The van der Waals surface area contributed by atoms with Crippen molar-refractivity contribution in [2.45, 2.75) is 26.7 Å². The molecule has 6 nitrogen and oxygen atoms in total. The molecule has 0 radical (unpaired) electrons. The lowest BCUT2D eigenvalue weighted by Gasteiger charge is -2.08. The van der Waals surface area contributed by atoms with Crippen LogP contribution in [0.2, 0.25) is 0 Å². The second-order valence-corrected chi connectivity index (χ2v) is 6.26. The van der Waals surface area contributed by atoms with Crippen molar-refractivity contribution in [3.8, 4) is 5.75 Å². The Kier molecular flexibility index (Phi) is 7.19. The monoisotopic (exact) mass is 342 g/mol. The Bertz CT molecular complexity index is 654. The number of carbonyl (C=O) groups excluding carboxylic acids is 1. The largest absolute Gasteiger partial charge is 0.497 e. The molecular formula is C19H26N4O2. The van der Waals surface area contributed by atoms with E-state index in [0.717, 1.165) is 30.7 Å². The maximum Gasteiger partial charge on any atom is 0.254 e. The van der Waals surface area contributed by atoms with E-state index >= 15 is 0 Å². The van der Waals surface area contributed by atoms with Gasteiger partial charge in [0, 0.05) is 25.5 Å². The van der Waals surface area contributed by atoms with E-state index in [1.54, 1.807) is 19.5 Å². The number of amides is 1. The Hall–Kier alpha value is -2.63. The predicted molar refractivity (Wildman–Crippen MR) is 99.0 cm³/mol. The van der Waals surface area contributed by atoms with Crippen LogP contribution in [0.1, 0.15) is 36.2 Å². The van der Waals surface area contributed by atoms with Gasteiger partial charge in [-0.1, -0.05) is 26.0 Å². The van der Waals surface area contributed by atoms with Crippen LogP contribution in [0.5, 0.6) is 5.75 Å². The van der Waals surface area contributed by atoms with Crippen molar-refractivity contribution in [1.29, 1.82) is 0 Å². The van der Waals surface area contributed by atoms with Crippen LogP contribution in [-0.2, 0) is 6.42 Å². The molecular weight excluding hydrogens is 316 g/mol.